The van der Waals surface area contributed by atoms with Crippen LogP contribution in [0, 0.1) is 0 Å². The molecule has 0 saturated carbocycles. The molecule has 17 heavy (non-hydrogen) atoms. The molecule has 1 aromatic carbocycles. The largest absolute Gasteiger partial charge is 0.491 e. The molecule has 0 saturated heterocycles. The molecule has 0 aliphatic rings. The van der Waals surface area contributed by atoms with Crippen LogP contribution in [-0.4, -0.2) is 27.0 Å². The number of hydrogen-bond donors (Lipinski definition) is 3. The van der Waals surface area contributed by atoms with E-state index in [2.05, 4.69) is 0 Å². The van der Waals surface area contributed by atoms with Crippen LogP contribution in [0.1, 0.15) is 6.42 Å². The van der Waals surface area contributed by atoms with E-state index < -0.39 is 22.0 Å². The number of rotatable bonds is 4. The summed E-state index contributed by atoms with van der Waals surface area (Å²) >= 11 is 0. The van der Waals surface area contributed by atoms with Gasteiger partial charge >= 0.3 is 14.7 Å². The zero-order chi connectivity index (χ0) is 13.3. The Morgan fingerprint density at radius 1 is 1.29 bits per heavy atom. The third kappa shape index (κ3) is 6.97. The molecule has 0 radical (unpaired) electrons. The Morgan fingerprint density at radius 3 is 2.18 bits per heavy atom. The zero-order valence-corrected chi connectivity index (χ0v) is 10.7. The third-order valence-electron chi connectivity index (χ3n) is 1.79. The zero-order valence-electron chi connectivity index (χ0n) is 8.81. The van der Waals surface area contributed by atoms with Gasteiger partial charge in [-0.2, -0.15) is 4.89 Å². The van der Waals surface area contributed by atoms with Crippen LogP contribution in [0.2, 0.25) is 0 Å². The SMILES string of the molecule is O=C(O)CCP(=O)(O)c1ccccc1.O=[PH+]O. The summed E-state index contributed by atoms with van der Waals surface area (Å²) in [6.07, 6.45) is -0.505. The average molecular weight is 279 g/mol. The number of benzene rings is 1. The van der Waals surface area contributed by atoms with Crippen molar-refractivity contribution in [3.63, 3.8) is 0 Å². The van der Waals surface area contributed by atoms with Crippen molar-refractivity contribution in [2.75, 3.05) is 6.16 Å². The minimum absolute atomic E-state index is 0.216. The monoisotopic (exact) mass is 279 g/mol. The van der Waals surface area contributed by atoms with Gasteiger partial charge in [0.1, 0.15) is 0 Å². The van der Waals surface area contributed by atoms with Gasteiger partial charge in [-0.15, -0.1) is 0 Å². The van der Waals surface area contributed by atoms with Crippen LogP contribution in [0.25, 0.3) is 0 Å². The van der Waals surface area contributed by atoms with E-state index in [1.54, 1.807) is 18.2 Å². The smallest absolute Gasteiger partial charge is 0.481 e. The predicted octanol–water partition coefficient (Wildman–Crippen LogP) is 0.975. The van der Waals surface area contributed by atoms with Gasteiger partial charge in [-0.3, -0.25) is 9.36 Å². The highest BCUT2D eigenvalue weighted by Gasteiger charge is 2.21. The summed E-state index contributed by atoms with van der Waals surface area (Å²) < 4.78 is 20.1. The molecule has 1 rings (SSSR count). The Balaban J connectivity index is 0.000000770. The standard InChI is InChI=1S/C9H11O4P.HO2P/c10-9(11)6-7-14(12,13)8-4-2-1-3-5-8;1-3-2/h1-5H,6-7H2,(H,10,11)(H,12,13);3H/p+1. The fourth-order valence-corrected chi connectivity index (χ4v) is 2.43. The molecule has 0 aliphatic carbocycles. The van der Waals surface area contributed by atoms with Gasteiger partial charge in [0.25, 0.3) is 0 Å². The Morgan fingerprint density at radius 2 is 1.76 bits per heavy atom. The van der Waals surface area contributed by atoms with E-state index in [9.17, 15) is 14.3 Å². The van der Waals surface area contributed by atoms with Gasteiger partial charge in [0, 0.05) is 11.5 Å². The van der Waals surface area contributed by atoms with Gasteiger partial charge in [0.2, 0.25) is 7.37 Å². The summed E-state index contributed by atoms with van der Waals surface area (Å²) in [7, 11) is -4.65. The van der Waals surface area contributed by atoms with Crippen LogP contribution in [0.15, 0.2) is 30.3 Å². The number of aliphatic carboxylic acids is 1. The van der Waals surface area contributed by atoms with Crippen LogP contribution in [0.4, 0.5) is 0 Å². The second-order valence-electron chi connectivity index (χ2n) is 3.00. The molecular formula is C9H13O6P2+. The molecular weight excluding hydrogens is 266 g/mol. The molecule has 1 aromatic rings. The lowest BCUT2D eigenvalue weighted by Crippen LogP contribution is -2.09. The van der Waals surface area contributed by atoms with Crippen molar-refractivity contribution >= 4 is 27.3 Å². The summed E-state index contributed by atoms with van der Waals surface area (Å²) in [5, 5.41) is 8.70. The van der Waals surface area contributed by atoms with Crippen molar-refractivity contribution in [1.29, 1.82) is 0 Å². The quantitative estimate of drug-likeness (QED) is 0.708. The maximum atomic E-state index is 11.6. The average Bonchev–Trinajstić information content (AvgIpc) is 2.29. The minimum atomic E-state index is -3.48. The van der Waals surface area contributed by atoms with E-state index >= 15 is 0 Å². The van der Waals surface area contributed by atoms with Crippen molar-refractivity contribution in [3.05, 3.63) is 30.3 Å². The molecule has 0 spiro atoms. The Hall–Kier alpha value is -1.06. The Bertz CT molecular complexity index is 405. The van der Waals surface area contributed by atoms with Crippen molar-refractivity contribution in [2.45, 2.75) is 6.42 Å². The number of carboxylic acid groups (broad SMARTS) is 1. The van der Waals surface area contributed by atoms with Crippen LogP contribution < -0.4 is 5.30 Å². The summed E-state index contributed by atoms with van der Waals surface area (Å²) in [4.78, 5) is 26.8. The van der Waals surface area contributed by atoms with E-state index in [0.717, 1.165) is 0 Å². The summed E-state index contributed by atoms with van der Waals surface area (Å²) in [6.45, 7) is 0. The highest BCUT2D eigenvalue weighted by atomic mass is 31.2. The van der Waals surface area contributed by atoms with Gasteiger partial charge in [0.15, 0.2) is 0 Å². The van der Waals surface area contributed by atoms with E-state index in [1.165, 1.54) is 12.1 Å². The first-order valence-corrected chi connectivity index (χ1v) is 7.24. The molecule has 8 heteroatoms. The van der Waals surface area contributed by atoms with Gasteiger partial charge in [-0.05, 0) is 16.7 Å². The highest BCUT2D eigenvalue weighted by molar-refractivity contribution is 7.66. The maximum absolute atomic E-state index is 11.6. The predicted molar refractivity (Wildman–Crippen MR) is 64.2 cm³/mol. The van der Waals surface area contributed by atoms with Crippen LogP contribution in [0.3, 0.4) is 0 Å². The van der Waals surface area contributed by atoms with Gasteiger partial charge in [-0.25, -0.2) is 0 Å². The lowest BCUT2D eigenvalue weighted by Gasteiger charge is -2.09. The molecule has 0 aliphatic heterocycles. The Kier molecular flexibility index (Phi) is 7.59. The summed E-state index contributed by atoms with van der Waals surface area (Å²) in [5.74, 6) is -1.06. The van der Waals surface area contributed by atoms with Gasteiger partial charge < -0.3 is 10.00 Å². The van der Waals surface area contributed by atoms with E-state index in [4.69, 9.17) is 14.6 Å². The van der Waals surface area contributed by atoms with Crippen molar-refractivity contribution in [1.82, 2.24) is 0 Å². The van der Waals surface area contributed by atoms with E-state index in [1.807, 2.05) is 0 Å². The maximum Gasteiger partial charge on any atom is 0.491 e. The second-order valence-corrected chi connectivity index (χ2v) is 5.55. The number of hydrogen-bond acceptors (Lipinski definition) is 3. The fourth-order valence-electron chi connectivity index (χ4n) is 1.04. The van der Waals surface area contributed by atoms with Crippen molar-refractivity contribution in [3.8, 4) is 0 Å². The first-order chi connectivity index (χ1) is 7.94. The molecule has 2 atom stereocenters. The Labute approximate surface area is 99.7 Å². The van der Waals surface area contributed by atoms with Crippen LogP contribution in [0.5, 0.6) is 0 Å². The first kappa shape index (κ1) is 15.9. The van der Waals surface area contributed by atoms with E-state index in [0.29, 0.717) is 5.30 Å². The number of carboxylic acids is 1. The minimum Gasteiger partial charge on any atom is -0.481 e. The lowest BCUT2D eigenvalue weighted by molar-refractivity contribution is -0.136. The molecule has 2 unspecified atom stereocenters. The van der Waals surface area contributed by atoms with Crippen LogP contribution in [-0.2, 0) is 13.9 Å². The summed E-state index contributed by atoms with van der Waals surface area (Å²) in [6, 6.07) is 8.10. The number of carbonyl (C=O) groups is 1. The fraction of sp³-hybridized carbons (Fsp3) is 0.222. The first-order valence-electron chi connectivity index (χ1n) is 4.54. The molecule has 0 fully saturated rings. The second kappa shape index (κ2) is 8.09. The summed E-state index contributed by atoms with van der Waals surface area (Å²) in [5.41, 5.74) is 0. The highest BCUT2D eigenvalue weighted by Crippen LogP contribution is 2.39. The molecule has 0 amide bonds. The molecule has 3 N–H and O–H groups in total. The molecule has 0 bridgehead atoms. The third-order valence-corrected chi connectivity index (χ3v) is 3.72. The van der Waals surface area contributed by atoms with Crippen molar-refractivity contribution < 1.29 is 28.8 Å². The molecule has 94 valence electrons. The van der Waals surface area contributed by atoms with E-state index in [-0.39, 0.29) is 12.6 Å². The molecule has 0 heterocycles. The lowest BCUT2D eigenvalue weighted by atomic mass is 10.4. The topological polar surface area (TPSA) is 112 Å². The van der Waals surface area contributed by atoms with Gasteiger partial charge in [0.05, 0.1) is 6.42 Å². The van der Waals surface area contributed by atoms with Crippen LogP contribution >= 0.6 is 16.1 Å². The van der Waals surface area contributed by atoms with Gasteiger partial charge in [-0.1, -0.05) is 18.2 Å². The normalized spacial score (nSPS) is 13.3. The van der Waals surface area contributed by atoms with Crippen molar-refractivity contribution in [2.24, 2.45) is 0 Å². The molecule has 6 nitrogen and oxygen atoms in total. The molecule has 0 aromatic heterocycles.